The van der Waals surface area contributed by atoms with Crippen LogP contribution in [0.25, 0.3) is 11.1 Å². The standard InChI is InChI=1S/C21H22FN5/c22-17-7-3-5-15(11-17)19-12-25-21(23)26-20(19)16-6-4-10-27(13-16)14-18-8-1-2-9-24-18/h1-3,5,7-9,11-12,16H,4,6,10,13-14H2,(H2,23,25,26)/t16-/m0/s1. The summed E-state index contributed by atoms with van der Waals surface area (Å²) < 4.78 is 13.7. The summed E-state index contributed by atoms with van der Waals surface area (Å²) >= 11 is 0. The summed E-state index contributed by atoms with van der Waals surface area (Å²) in [6.07, 6.45) is 5.63. The number of nitrogens with two attached hydrogens (primary N) is 1. The van der Waals surface area contributed by atoms with Crippen molar-refractivity contribution >= 4 is 5.95 Å². The second-order valence-electron chi connectivity index (χ2n) is 6.93. The summed E-state index contributed by atoms with van der Waals surface area (Å²) in [5.41, 5.74) is 9.48. The molecule has 138 valence electrons. The molecule has 0 amide bonds. The Morgan fingerprint density at radius 2 is 2.07 bits per heavy atom. The molecule has 3 heterocycles. The highest BCUT2D eigenvalue weighted by atomic mass is 19.1. The number of benzene rings is 1. The first-order valence-corrected chi connectivity index (χ1v) is 9.19. The van der Waals surface area contributed by atoms with Crippen LogP contribution in [0.3, 0.4) is 0 Å². The van der Waals surface area contributed by atoms with Crippen LogP contribution < -0.4 is 5.73 Å². The summed E-state index contributed by atoms with van der Waals surface area (Å²) in [7, 11) is 0. The molecule has 6 heteroatoms. The molecule has 5 nitrogen and oxygen atoms in total. The first-order chi connectivity index (χ1) is 13.2. The molecule has 0 aliphatic carbocycles. The third-order valence-corrected chi connectivity index (χ3v) is 4.98. The number of rotatable bonds is 4. The van der Waals surface area contributed by atoms with Crippen molar-refractivity contribution in [2.24, 2.45) is 0 Å². The van der Waals surface area contributed by atoms with Crippen molar-refractivity contribution in [1.82, 2.24) is 19.9 Å². The van der Waals surface area contributed by atoms with E-state index in [-0.39, 0.29) is 17.7 Å². The minimum Gasteiger partial charge on any atom is -0.368 e. The molecule has 1 aromatic carbocycles. The van der Waals surface area contributed by atoms with E-state index in [4.69, 9.17) is 5.73 Å². The smallest absolute Gasteiger partial charge is 0.220 e. The molecule has 0 spiro atoms. The quantitative estimate of drug-likeness (QED) is 0.766. The molecule has 0 radical (unpaired) electrons. The van der Waals surface area contributed by atoms with E-state index < -0.39 is 0 Å². The van der Waals surface area contributed by atoms with Crippen molar-refractivity contribution in [3.05, 3.63) is 72.1 Å². The van der Waals surface area contributed by atoms with Gasteiger partial charge in [-0.1, -0.05) is 18.2 Å². The van der Waals surface area contributed by atoms with Gasteiger partial charge in [0.25, 0.3) is 0 Å². The second kappa shape index (κ2) is 7.80. The Labute approximate surface area is 158 Å². The Kier molecular flexibility index (Phi) is 5.07. The van der Waals surface area contributed by atoms with Crippen molar-refractivity contribution < 1.29 is 4.39 Å². The molecular formula is C21H22FN5. The zero-order valence-electron chi connectivity index (χ0n) is 15.1. The van der Waals surface area contributed by atoms with Gasteiger partial charge in [0.15, 0.2) is 0 Å². The summed E-state index contributed by atoms with van der Waals surface area (Å²) in [6.45, 7) is 2.71. The van der Waals surface area contributed by atoms with Crippen molar-refractivity contribution in [1.29, 1.82) is 0 Å². The highest BCUT2D eigenvalue weighted by molar-refractivity contribution is 5.66. The molecule has 1 fully saturated rings. The van der Waals surface area contributed by atoms with E-state index in [1.165, 1.54) is 12.1 Å². The van der Waals surface area contributed by atoms with Crippen LogP contribution in [-0.2, 0) is 6.54 Å². The predicted molar refractivity (Wildman–Crippen MR) is 103 cm³/mol. The van der Waals surface area contributed by atoms with E-state index in [1.54, 1.807) is 12.3 Å². The van der Waals surface area contributed by atoms with Crippen LogP contribution >= 0.6 is 0 Å². The molecule has 3 aromatic rings. The van der Waals surface area contributed by atoms with Gasteiger partial charge in [-0.05, 0) is 49.2 Å². The molecule has 1 saturated heterocycles. The normalized spacial score (nSPS) is 17.7. The molecule has 2 aromatic heterocycles. The van der Waals surface area contributed by atoms with Crippen LogP contribution in [0.4, 0.5) is 10.3 Å². The first kappa shape index (κ1) is 17.5. The molecule has 1 atom stereocenters. The van der Waals surface area contributed by atoms with Crippen molar-refractivity contribution in [3.8, 4) is 11.1 Å². The van der Waals surface area contributed by atoms with Crippen LogP contribution in [0.2, 0.25) is 0 Å². The largest absolute Gasteiger partial charge is 0.368 e. The van der Waals surface area contributed by atoms with Crippen molar-refractivity contribution in [2.75, 3.05) is 18.8 Å². The number of piperidine rings is 1. The third-order valence-electron chi connectivity index (χ3n) is 4.98. The summed E-state index contributed by atoms with van der Waals surface area (Å²) in [5.74, 6) is 0.216. The summed E-state index contributed by atoms with van der Waals surface area (Å²) in [4.78, 5) is 15.5. The summed E-state index contributed by atoms with van der Waals surface area (Å²) in [6, 6.07) is 12.5. The van der Waals surface area contributed by atoms with E-state index in [1.807, 2.05) is 30.5 Å². The zero-order valence-corrected chi connectivity index (χ0v) is 15.1. The Hall–Kier alpha value is -2.86. The van der Waals surface area contributed by atoms with Gasteiger partial charge in [-0.2, -0.15) is 0 Å². The van der Waals surface area contributed by atoms with Crippen LogP contribution in [0.5, 0.6) is 0 Å². The number of anilines is 1. The average Bonchev–Trinajstić information content (AvgIpc) is 2.69. The number of pyridine rings is 1. The number of hydrogen-bond donors (Lipinski definition) is 1. The minimum absolute atomic E-state index is 0.228. The van der Waals surface area contributed by atoms with E-state index in [9.17, 15) is 4.39 Å². The number of halogens is 1. The molecular weight excluding hydrogens is 341 g/mol. The van der Waals surface area contributed by atoms with Crippen LogP contribution in [0.15, 0.2) is 54.9 Å². The molecule has 0 saturated carbocycles. The maximum absolute atomic E-state index is 13.7. The summed E-state index contributed by atoms with van der Waals surface area (Å²) in [5, 5.41) is 0. The fourth-order valence-corrected chi connectivity index (χ4v) is 3.74. The predicted octanol–water partition coefficient (Wildman–Crippen LogP) is 3.64. The molecule has 1 aliphatic heterocycles. The maximum atomic E-state index is 13.7. The monoisotopic (exact) mass is 363 g/mol. The fraction of sp³-hybridized carbons (Fsp3) is 0.286. The second-order valence-corrected chi connectivity index (χ2v) is 6.93. The van der Waals surface area contributed by atoms with Crippen LogP contribution in [0.1, 0.15) is 30.1 Å². The Bertz CT molecular complexity index is 915. The lowest BCUT2D eigenvalue weighted by Gasteiger charge is -2.33. The average molecular weight is 363 g/mol. The number of hydrogen-bond acceptors (Lipinski definition) is 5. The van der Waals surface area contributed by atoms with Gasteiger partial charge < -0.3 is 5.73 Å². The topological polar surface area (TPSA) is 67.9 Å². The number of nitrogens with zero attached hydrogens (tertiary/aromatic N) is 4. The zero-order chi connectivity index (χ0) is 18.6. The molecule has 27 heavy (non-hydrogen) atoms. The van der Waals surface area contributed by atoms with Gasteiger partial charge in [-0.15, -0.1) is 0 Å². The van der Waals surface area contributed by atoms with Crippen molar-refractivity contribution in [2.45, 2.75) is 25.3 Å². The van der Waals surface area contributed by atoms with Crippen molar-refractivity contribution in [3.63, 3.8) is 0 Å². The van der Waals surface area contributed by atoms with Gasteiger partial charge in [0.1, 0.15) is 5.82 Å². The SMILES string of the molecule is Nc1ncc(-c2cccc(F)c2)c([C@H]2CCCN(Cc3ccccn3)C2)n1. The maximum Gasteiger partial charge on any atom is 0.220 e. The Morgan fingerprint density at radius 3 is 2.89 bits per heavy atom. The first-order valence-electron chi connectivity index (χ1n) is 9.19. The van der Waals surface area contributed by atoms with Gasteiger partial charge in [0.2, 0.25) is 5.95 Å². The molecule has 0 bridgehead atoms. The fourth-order valence-electron chi connectivity index (χ4n) is 3.74. The lowest BCUT2D eigenvalue weighted by Crippen LogP contribution is -2.34. The lowest BCUT2D eigenvalue weighted by atomic mass is 9.90. The molecule has 1 aliphatic rings. The van der Waals surface area contributed by atoms with E-state index in [0.29, 0.717) is 0 Å². The van der Waals surface area contributed by atoms with Crippen LogP contribution in [0, 0.1) is 5.82 Å². The number of nitrogen functional groups attached to an aromatic ring is 1. The van der Waals surface area contributed by atoms with E-state index in [2.05, 4.69) is 19.9 Å². The highest BCUT2D eigenvalue weighted by Gasteiger charge is 2.26. The number of likely N-dealkylation sites (tertiary alicyclic amines) is 1. The van der Waals surface area contributed by atoms with Gasteiger partial charge in [-0.25, -0.2) is 14.4 Å². The lowest BCUT2D eigenvalue weighted by molar-refractivity contribution is 0.196. The Morgan fingerprint density at radius 1 is 1.15 bits per heavy atom. The highest BCUT2D eigenvalue weighted by Crippen LogP contribution is 2.33. The molecule has 0 unspecified atom stereocenters. The van der Waals surface area contributed by atoms with Crippen LogP contribution in [-0.4, -0.2) is 32.9 Å². The Balaban J connectivity index is 1.61. The molecule has 2 N–H and O–H groups in total. The van der Waals surface area contributed by atoms with Gasteiger partial charge in [0, 0.05) is 37.0 Å². The van der Waals surface area contributed by atoms with Gasteiger partial charge in [-0.3, -0.25) is 9.88 Å². The van der Waals surface area contributed by atoms with Gasteiger partial charge >= 0.3 is 0 Å². The molecule has 4 rings (SSSR count). The minimum atomic E-state index is -0.268. The van der Waals surface area contributed by atoms with E-state index >= 15 is 0 Å². The number of aromatic nitrogens is 3. The third kappa shape index (κ3) is 4.11. The van der Waals surface area contributed by atoms with E-state index in [0.717, 1.165) is 55.0 Å². The van der Waals surface area contributed by atoms with Gasteiger partial charge in [0.05, 0.1) is 11.4 Å².